The lowest BCUT2D eigenvalue weighted by molar-refractivity contribution is -0.137. The van der Waals surface area contributed by atoms with E-state index in [1.807, 2.05) is 19.4 Å². The van der Waals surface area contributed by atoms with E-state index in [4.69, 9.17) is 5.11 Å². The third-order valence-corrected chi connectivity index (χ3v) is 3.08. The Morgan fingerprint density at radius 3 is 2.78 bits per heavy atom. The molecule has 0 aromatic carbocycles. The monoisotopic (exact) mass is 253 g/mol. The van der Waals surface area contributed by atoms with Crippen molar-refractivity contribution in [3.63, 3.8) is 0 Å². The molecule has 1 aromatic rings. The summed E-state index contributed by atoms with van der Waals surface area (Å²) < 4.78 is 1.79. The van der Waals surface area contributed by atoms with Crippen molar-refractivity contribution >= 4 is 5.97 Å². The maximum absolute atomic E-state index is 10.5. The number of nitrogens with one attached hydrogen (secondary N) is 1. The average molecular weight is 253 g/mol. The highest BCUT2D eigenvalue weighted by molar-refractivity contribution is 5.66. The van der Waals surface area contributed by atoms with Crippen LogP contribution in [0.4, 0.5) is 0 Å². The van der Waals surface area contributed by atoms with Crippen molar-refractivity contribution in [2.24, 2.45) is 12.5 Å². The predicted octanol–water partition coefficient (Wildman–Crippen LogP) is 1.79. The lowest BCUT2D eigenvalue weighted by Crippen LogP contribution is -2.22. The first kappa shape index (κ1) is 14.7. The molecule has 1 heterocycles. The molecule has 1 aromatic heterocycles. The van der Waals surface area contributed by atoms with Gasteiger partial charge in [-0.25, -0.2) is 0 Å². The van der Waals surface area contributed by atoms with Crippen LogP contribution in [0.3, 0.4) is 0 Å². The zero-order valence-corrected chi connectivity index (χ0v) is 11.4. The van der Waals surface area contributed by atoms with Gasteiger partial charge in [0, 0.05) is 31.8 Å². The summed E-state index contributed by atoms with van der Waals surface area (Å²) in [4.78, 5) is 10.5. The minimum atomic E-state index is -0.716. The number of aryl methyl sites for hydroxylation is 1. The molecular weight excluding hydrogens is 230 g/mol. The quantitative estimate of drug-likeness (QED) is 0.693. The van der Waals surface area contributed by atoms with Gasteiger partial charge in [-0.05, 0) is 24.8 Å². The van der Waals surface area contributed by atoms with Crippen LogP contribution in [-0.4, -0.2) is 27.4 Å². The molecule has 0 saturated carbocycles. The molecule has 0 radical (unpaired) electrons. The van der Waals surface area contributed by atoms with Gasteiger partial charge in [-0.1, -0.05) is 13.8 Å². The van der Waals surface area contributed by atoms with Crippen molar-refractivity contribution < 1.29 is 9.90 Å². The van der Waals surface area contributed by atoms with Crippen LogP contribution in [0.15, 0.2) is 12.4 Å². The minimum Gasteiger partial charge on any atom is -0.481 e. The fourth-order valence-electron chi connectivity index (χ4n) is 1.79. The number of carboxylic acids is 1. The van der Waals surface area contributed by atoms with Gasteiger partial charge < -0.3 is 10.4 Å². The summed E-state index contributed by atoms with van der Waals surface area (Å²) in [5.41, 5.74) is 1.24. The molecule has 18 heavy (non-hydrogen) atoms. The minimum absolute atomic E-state index is 0.0698. The first-order chi connectivity index (χ1) is 8.39. The molecule has 0 amide bonds. The molecule has 0 atom stereocenters. The normalized spacial score (nSPS) is 11.7. The highest BCUT2D eigenvalue weighted by atomic mass is 16.4. The van der Waals surface area contributed by atoms with E-state index in [1.54, 1.807) is 4.68 Å². The first-order valence-corrected chi connectivity index (χ1v) is 6.29. The molecule has 0 aliphatic heterocycles. The SMILES string of the molecule is Cn1cc(CNCCC(C)(C)CCC(=O)O)cn1. The molecule has 0 spiro atoms. The Bertz CT molecular complexity index is 385. The molecule has 102 valence electrons. The van der Waals surface area contributed by atoms with Gasteiger partial charge in [-0.15, -0.1) is 0 Å². The third kappa shape index (κ3) is 5.82. The molecule has 0 unspecified atom stereocenters. The number of carbonyl (C=O) groups is 1. The molecule has 0 bridgehead atoms. The Morgan fingerprint density at radius 1 is 1.50 bits per heavy atom. The predicted molar refractivity (Wildman–Crippen MR) is 70.2 cm³/mol. The summed E-state index contributed by atoms with van der Waals surface area (Å²) in [6.07, 6.45) is 5.78. The van der Waals surface area contributed by atoms with Crippen LogP contribution in [0.1, 0.15) is 38.7 Å². The average Bonchev–Trinajstić information content (AvgIpc) is 2.68. The summed E-state index contributed by atoms with van der Waals surface area (Å²) in [5.74, 6) is -0.716. The van der Waals surface area contributed by atoms with Crippen molar-refractivity contribution in [2.45, 2.75) is 39.7 Å². The van der Waals surface area contributed by atoms with E-state index >= 15 is 0 Å². The van der Waals surface area contributed by atoms with Crippen LogP contribution in [0.2, 0.25) is 0 Å². The summed E-state index contributed by atoms with van der Waals surface area (Å²) >= 11 is 0. The number of aliphatic carboxylic acids is 1. The topological polar surface area (TPSA) is 67.2 Å². The Morgan fingerprint density at radius 2 is 2.22 bits per heavy atom. The molecule has 0 aliphatic rings. The number of hydrogen-bond acceptors (Lipinski definition) is 3. The second kappa shape index (κ2) is 6.54. The van der Waals surface area contributed by atoms with Gasteiger partial charge in [0.1, 0.15) is 0 Å². The second-order valence-corrected chi connectivity index (χ2v) is 5.51. The Hall–Kier alpha value is -1.36. The second-order valence-electron chi connectivity index (χ2n) is 5.51. The number of hydrogen-bond donors (Lipinski definition) is 2. The van der Waals surface area contributed by atoms with Crippen molar-refractivity contribution in [1.29, 1.82) is 0 Å². The van der Waals surface area contributed by atoms with Crippen LogP contribution >= 0.6 is 0 Å². The zero-order valence-electron chi connectivity index (χ0n) is 11.4. The fourth-order valence-corrected chi connectivity index (χ4v) is 1.79. The van der Waals surface area contributed by atoms with Crippen LogP contribution < -0.4 is 5.32 Å². The van der Waals surface area contributed by atoms with E-state index in [1.165, 1.54) is 5.56 Å². The Kier molecular flexibility index (Phi) is 5.34. The highest BCUT2D eigenvalue weighted by Crippen LogP contribution is 2.25. The molecule has 1 rings (SSSR count). The number of rotatable bonds is 8. The highest BCUT2D eigenvalue weighted by Gasteiger charge is 2.18. The molecule has 5 heteroatoms. The summed E-state index contributed by atoms with van der Waals surface area (Å²) in [6.45, 7) is 5.92. The van der Waals surface area contributed by atoms with Gasteiger partial charge in [0.05, 0.1) is 6.20 Å². The molecule has 0 fully saturated rings. The third-order valence-electron chi connectivity index (χ3n) is 3.08. The van der Waals surface area contributed by atoms with Gasteiger partial charge in [0.25, 0.3) is 0 Å². The van der Waals surface area contributed by atoms with Crippen molar-refractivity contribution in [3.8, 4) is 0 Å². The summed E-state index contributed by atoms with van der Waals surface area (Å²) in [6, 6.07) is 0. The van der Waals surface area contributed by atoms with Gasteiger partial charge >= 0.3 is 5.97 Å². The van der Waals surface area contributed by atoms with E-state index in [2.05, 4.69) is 24.3 Å². The number of carboxylic acid groups (broad SMARTS) is 1. The Labute approximate surface area is 108 Å². The van der Waals surface area contributed by atoms with Crippen LogP contribution in [0.25, 0.3) is 0 Å². The summed E-state index contributed by atoms with van der Waals surface area (Å²) in [7, 11) is 1.90. The smallest absolute Gasteiger partial charge is 0.303 e. The molecule has 2 N–H and O–H groups in total. The van der Waals surface area contributed by atoms with Gasteiger partial charge in [0.15, 0.2) is 0 Å². The Balaban J connectivity index is 2.18. The summed E-state index contributed by atoms with van der Waals surface area (Å²) in [5, 5.41) is 16.1. The van der Waals surface area contributed by atoms with Gasteiger partial charge in [-0.3, -0.25) is 9.48 Å². The fraction of sp³-hybridized carbons (Fsp3) is 0.692. The van der Waals surface area contributed by atoms with Crippen molar-refractivity contribution in [3.05, 3.63) is 18.0 Å². The maximum Gasteiger partial charge on any atom is 0.303 e. The molecular formula is C13H23N3O2. The van der Waals surface area contributed by atoms with Gasteiger partial charge in [-0.2, -0.15) is 5.10 Å². The molecule has 0 saturated heterocycles. The van der Waals surface area contributed by atoms with Crippen LogP contribution in [-0.2, 0) is 18.4 Å². The van der Waals surface area contributed by atoms with E-state index in [9.17, 15) is 4.79 Å². The van der Waals surface area contributed by atoms with E-state index in [0.717, 1.165) is 25.9 Å². The van der Waals surface area contributed by atoms with Crippen LogP contribution in [0, 0.1) is 5.41 Å². The van der Waals surface area contributed by atoms with Crippen LogP contribution in [0.5, 0.6) is 0 Å². The first-order valence-electron chi connectivity index (χ1n) is 6.29. The largest absolute Gasteiger partial charge is 0.481 e. The maximum atomic E-state index is 10.5. The van der Waals surface area contributed by atoms with Crippen molar-refractivity contribution in [2.75, 3.05) is 6.54 Å². The molecule has 5 nitrogen and oxygen atoms in total. The van der Waals surface area contributed by atoms with Crippen molar-refractivity contribution in [1.82, 2.24) is 15.1 Å². The molecule has 0 aliphatic carbocycles. The lowest BCUT2D eigenvalue weighted by Gasteiger charge is -2.23. The number of aromatic nitrogens is 2. The zero-order chi connectivity index (χ0) is 13.6. The standard InChI is InChI=1S/C13H23N3O2/c1-13(2,5-4-12(17)18)6-7-14-8-11-9-15-16(3)10-11/h9-10,14H,4-8H2,1-3H3,(H,17,18). The van der Waals surface area contributed by atoms with E-state index in [-0.39, 0.29) is 11.8 Å². The number of nitrogens with zero attached hydrogens (tertiary/aromatic N) is 2. The van der Waals surface area contributed by atoms with Gasteiger partial charge in [0.2, 0.25) is 0 Å². The van der Waals surface area contributed by atoms with E-state index < -0.39 is 5.97 Å². The van der Waals surface area contributed by atoms with E-state index in [0.29, 0.717) is 0 Å². The lowest BCUT2D eigenvalue weighted by atomic mass is 9.84.